The molecule has 3 rings (SSSR count). The third-order valence-corrected chi connectivity index (χ3v) is 7.63. The molecule has 0 spiro atoms. The Kier molecular flexibility index (Phi) is 8.65. The van der Waals surface area contributed by atoms with E-state index >= 15 is 0 Å². The molecule has 8 heteroatoms. The molecule has 1 aromatic heterocycles. The van der Waals surface area contributed by atoms with Crippen LogP contribution in [0.4, 0.5) is 5.69 Å². The van der Waals surface area contributed by atoms with E-state index in [1.165, 1.54) is 25.7 Å². The lowest BCUT2D eigenvalue weighted by Gasteiger charge is -2.36. The molecule has 2 aromatic rings. The first kappa shape index (κ1) is 25.8. The zero-order chi connectivity index (χ0) is 24.3. The largest absolute Gasteiger partial charge is 0.381 e. The number of carbonyl (C=O) groups excluding carboxylic acids is 1. The Balaban J connectivity index is 1.70. The number of benzene rings is 1. The average Bonchev–Trinajstić information content (AvgIpc) is 2.75. The van der Waals surface area contributed by atoms with Crippen LogP contribution in [0.1, 0.15) is 59.8 Å². The van der Waals surface area contributed by atoms with Crippen molar-refractivity contribution in [2.75, 3.05) is 19.4 Å². The van der Waals surface area contributed by atoms with Crippen molar-refractivity contribution in [3.8, 4) is 0 Å². The number of amides is 1. The number of nitrogens with zero attached hydrogens (tertiary/aromatic N) is 1. The molecule has 0 aliphatic heterocycles. The molecule has 180 valence electrons. The summed E-state index contributed by atoms with van der Waals surface area (Å²) in [6.45, 7) is 6.02. The first-order chi connectivity index (χ1) is 15.6. The van der Waals surface area contributed by atoms with Gasteiger partial charge in [-0.05, 0) is 90.2 Å². The molecule has 1 aromatic carbocycles. The van der Waals surface area contributed by atoms with E-state index in [9.17, 15) is 9.59 Å². The molecule has 0 bridgehead atoms. The summed E-state index contributed by atoms with van der Waals surface area (Å²) in [7, 11) is 4.30. The van der Waals surface area contributed by atoms with Gasteiger partial charge in [-0.1, -0.05) is 27.5 Å². The fourth-order valence-electron chi connectivity index (χ4n) is 4.71. The van der Waals surface area contributed by atoms with Gasteiger partial charge in [0, 0.05) is 34.4 Å². The monoisotopic (exact) mass is 536 g/mol. The van der Waals surface area contributed by atoms with Crippen LogP contribution in [0, 0.1) is 19.8 Å². The number of anilines is 1. The first-order valence-corrected chi connectivity index (χ1v) is 12.6. The Labute approximate surface area is 209 Å². The molecule has 3 N–H and O–H groups in total. The maximum atomic E-state index is 13.0. The predicted octanol–water partition coefficient (Wildman–Crippen LogP) is 5.26. The van der Waals surface area contributed by atoms with Gasteiger partial charge < -0.3 is 20.5 Å². The first-order valence-electron chi connectivity index (χ1n) is 11.5. The number of halogens is 2. The molecular formula is C25H34BrClN4O2. The number of hydrogen-bond acceptors (Lipinski definition) is 4. The van der Waals surface area contributed by atoms with E-state index in [0.29, 0.717) is 28.1 Å². The van der Waals surface area contributed by atoms with Gasteiger partial charge in [0.25, 0.3) is 11.5 Å². The molecule has 33 heavy (non-hydrogen) atoms. The Bertz CT molecular complexity index is 1060. The van der Waals surface area contributed by atoms with Gasteiger partial charge in [-0.15, -0.1) is 0 Å². The van der Waals surface area contributed by atoms with Crippen LogP contribution < -0.4 is 16.2 Å². The number of rotatable bonds is 7. The molecule has 1 aliphatic carbocycles. The minimum Gasteiger partial charge on any atom is -0.381 e. The van der Waals surface area contributed by atoms with Crippen molar-refractivity contribution in [1.82, 2.24) is 15.2 Å². The maximum absolute atomic E-state index is 13.0. The van der Waals surface area contributed by atoms with Crippen LogP contribution in [-0.4, -0.2) is 42.0 Å². The number of carbonyl (C=O) groups is 1. The Morgan fingerprint density at radius 3 is 2.48 bits per heavy atom. The molecule has 0 radical (unpaired) electrons. The van der Waals surface area contributed by atoms with E-state index in [-0.39, 0.29) is 24.1 Å². The van der Waals surface area contributed by atoms with Crippen molar-refractivity contribution in [1.29, 1.82) is 0 Å². The van der Waals surface area contributed by atoms with E-state index < -0.39 is 0 Å². The summed E-state index contributed by atoms with van der Waals surface area (Å²) in [6.07, 6.45) is 4.73. The second kappa shape index (κ2) is 11.1. The van der Waals surface area contributed by atoms with E-state index in [1.54, 1.807) is 6.07 Å². The summed E-state index contributed by atoms with van der Waals surface area (Å²) in [6, 6.07) is 6.41. The van der Waals surface area contributed by atoms with Crippen molar-refractivity contribution >= 4 is 39.1 Å². The molecule has 1 unspecified atom stereocenters. The Morgan fingerprint density at radius 1 is 1.21 bits per heavy atom. The summed E-state index contributed by atoms with van der Waals surface area (Å²) >= 11 is 10.2. The van der Waals surface area contributed by atoms with Crippen LogP contribution in [-0.2, 0) is 6.54 Å². The highest BCUT2D eigenvalue weighted by Gasteiger charge is 2.27. The molecule has 1 amide bonds. The lowest BCUT2D eigenvalue weighted by Crippen LogP contribution is -2.36. The third-order valence-electron chi connectivity index (χ3n) is 6.76. The Hall–Kier alpha value is -1.83. The molecule has 0 saturated heterocycles. The van der Waals surface area contributed by atoms with Crippen molar-refractivity contribution in [3.63, 3.8) is 0 Å². The number of aromatic nitrogens is 1. The standard InChI is InChI=1S/C25H34BrClN4O2/c1-14-10-15(2)29-25(33)21(14)13-28-24(32)20-11-18(26)12-22(23(20)27)30-16(3)17-6-8-19(9-7-17)31(4)5/h10-12,16-17,19,30H,6-9,13H2,1-5H3,(H,28,32)(H,29,33)/t16?,17-,19-. The van der Waals surface area contributed by atoms with Crippen molar-refractivity contribution < 1.29 is 4.79 Å². The summed E-state index contributed by atoms with van der Waals surface area (Å²) < 4.78 is 0.771. The summed E-state index contributed by atoms with van der Waals surface area (Å²) in [5.74, 6) is 0.243. The molecule has 1 aliphatic rings. The normalized spacial score (nSPS) is 19.4. The van der Waals surface area contributed by atoms with Gasteiger partial charge in [-0.3, -0.25) is 9.59 Å². The number of aryl methyl sites for hydroxylation is 2. The molecule has 1 saturated carbocycles. The zero-order valence-corrected chi connectivity index (χ0v) is 22.4. The van der Waals surface area contributed by atoms with Gasteiger partial charge in [0.15, 0.2) is 0 Å². The van der Waals surface area contributed by atoms with Crippen LogP contribution in [0.5, 0.6) is 0 Å². The van der Waals surface area contributed by atoms with Crippen molar-refractivity contribution in [2.24, 2.45) is 5.92 Å². The lowest BCUT2D eigenvalue weighted by molar-refractivity contribution is 0.0951. The second-order valence-corrected chi connectivity index (χ2v) is 10.7. The van der Waals surface area contributed by atoms with Crippen LogP contribution in [0.3, 0.4) is 0 Å². The highest BCUT2D eigenvalue weighted by molar-refractivity contribution is 9.10. The van der Waals surface area contributed by atoms with Gasteiger partial charge >= 0.3 is 0 Å². The van der Waals surface area contributed by atoms with E-state index in [1.807, 2.05) is 26.0 Å². The number of H-pyrrole nitrogens is 1. The summed E-state index contributed by atoms with van der Waals surface area (Å²) in [5, 5.41) is 6.78. The smallest absolute Gasteiger partial charge is 0.253 e. The molecule has 1 atom stereocenters. The highest BCUT2D eigenvalue weighted by Crippen LogP contribution is 2.34. The molecule has 1 heterocycles. The van der Waals surface area contributed by atoms with Crippen LogP contribution in [0.2, 0.25) is 5.02 Å². The van der Waals surface area contributed by atoms with E-state index in [4.69, 9.17) is 11.6 Å². The molecule has 6 nitrogen and oxygen atoms in total. The third kappa shape index (κ3) is 6.40. The summed E-state index contributed by atoms with van der Waals surface area (Å²) in [5.41, 5.74) is 3.11. The van der Waals surface area contributed by atoms with Crippen LogP contribution in [0.25, 0.3) is 0 Å². The fraction of sp³-hybridized carbons (Fsp3) is 0.520. The fourth-order valence-corrected chi connectivity index (χ4v) is 5.41. The van der Waals surface area contributed by atoms with Crippen molar-refractivity contribution in [3.05, 3.63) is 60.4 Å². The average molecular weight is 538 g/mol. The van der Waals surface area contributed by atoms with Gasteiger partial charge in [0.1, 0.15) is 0 Å². The second-order valence-electron chi connectivity index (χ2n) is 9.41. The molecule has 1 fully saturated rings. The minimum absolute atomic E-state index is 0.136. The quantitative estimate of drug-likeness (QED) is 0.450. The lowest BCUT2D eigenvalue weighted by atomic mass is 9.81. The highest BCUT2D eigenvalue weighted by atomic mass is 79.9. The van der Waals surface area contributed by atoms with Crippen LogP contribution in [0.15, 0.2) is 27.5 Å². The van der Waals surface area contributed by atoms with E-state index in [2.05, 4.69) is 57.5 Å². The number of pyridine rings is 1. The van der Waals surface area contributed by atoms with Crippen LogP contribution >= 0.6 is 27.5 Å². The van der Waals surface area contributed by atoms with Gasteiger partial charge in [0.05, 0.1) is 16.3 Å². The minimum atomic E-state index is -0.317. The number of aromatic amines is 1. The number of hydrogen-bond donors (Lipinski definition) is 3. The van der Waals surface area contributed by atoms with Gasteiger partial charge in [-0.2, -0.15) is 0 Å². The Morgan fingerprint density at radius 2 is 1.88 bits per heavy atom. The SMILES string of the molecule is Cc1cc(C)c(CNC(=O)c2cc(Br)cc(NC(C)[C@H]3CC[C@H](N(C)C)CC3)c2Cl)c(=O)[nH]1. The topological polar surface area (TPSA) is 77.2 Å². The predicted molar refractivity (Wildman–Crippen MR) is 139 cm³/mol. The van der Waals surface area contributed by atoms with Gasteiger partial charge in [0.2, 0.25) is 0 Å². The maximum Gasteiger partial charge on any atom is 0.253 e. The van der Waals surface area contributed by atoms with Gasteiger partial charge in [-0.25, -0.2) is 0 Å². The van der Waals surface area contributed by atoms with E-state index in [0.717, 1.165) is 21.4 Å². The molecular weight excluding hydrogens is 504 g/mol. The van der Waals surface area contributed by atoms with Crippen molar-refractivity contribution in [2.45, 2.75) is 65.1 Å². The zero-order valence-electron chi connectivity index (χ0n) is 20.0. The number of nitrogens with one attached hydrogen (secondary N) is 3. The summed E-state index contributed by atoms with van der Waals surface area (Å²) in [4.78, 5) is 30.3.